The molecule has 1 N–H and O–H groups in total. The second kappa shape index (κ2) is 7.88. The van der Waals surface area contributed by atoms with Gasteiger partial charge in [-0.25, -0.2) is 4.98 Å². The normalized spacial score (nSPS) is 12.0. The van der Waals surface area contributed by atoms with E-state index in [1.54, 1.807) is 11.3 Å². The monoisotopic (exact) mass is 450 g/mol. The van der Waals surface area contributed by atoms with Crippen molar-refractivity contribution in [3.63, 3.8) is 0 Å². The van der Waals surface area contributed by atoms with Crippen LogP contribution >= 0.6 is 22.7 Å². The van der Waals surface area contributed by atoms with Crippen LogP contribution in [-0.4, -0.2) is 20.6 Å². The number of thiophene rings is 1. The first-order chi connectivity index (χ1) is 14.2. The van der Waals surface area contributed by atoms with Crippen LogP contribution in [0.25, 0.3) is 20.8 Å². The molecule has 0 saturated carbocycles. The number of rotatable bonds is 6. The predicted molar refractivity (Wildman–Crippen MR) is 112 cm³/mol. The highest BCUT2D eigenvalue weighted by atomic mass is 32.1. The number of benzene rings is 1. The summed E-state index contributed by atoms with van der Waals surface area (Å²) < 4.78 is 40.4. The van der Waals surface area contributed by atoms with Gasteiger partial charge in [0.1, 0.15) is 9.84 Å². The average Bonchev–Trinajstić information content (AvgIpc) is 3.34. The summed E-state index contributed by atoms with van der Waals surface area (Å²) in [7, 11) is 0. The number of thiazole rings is 1. The van der Waals surface area contributed by atoms with Crippen LogP contribution in [0.5, 0.6) is 0 Å². The summed E-state index contributed by atoms with van der Waals surface area (Å²) in [6, 6.07) is 8.90. The van der Waals surface area contributed by atoms with Gasteiger partial charge in [-0.2, -0.15) is 13.2 Å². The Labute approximate surface area is 178 Å². The van der Waals surface area contributed by atoms with Crippen LogP contribution in [0.15, 0.2) is 41.8 Å². The molecule has 3 aromatic heterocycles. The van der Waals surface area contributed by atoms with Gasteiger partial charge in [-0.1, -0.05) is 12.1 Å². The third-order valence-corrected chi connectivity index (χ3v) is 7.05. The number of hydrogen-bond acceptors (Lipinski definition) is 4. The number of fused-ring (bicyclic) bond motifs is 1. The second-order valence-corrected chi connectivity index (χ2v) is 8.87. The molecule has 30 heavy (non-hydrogen) atoms. The Kier molecular flexibility index (Phi) is 5.42. The van der Waals surface area contributed by atoms with Crippen LogP contribution in [0.2, 0.25) is 0 Å². The van der Waals surface area contributed by atoms with E-state index in [-0.39, 0.29) is 6.42 Å². The first-order valence-corrected chi connectivity index (χ1v) is 10.8. The Morgan fingerprint density at radius 1 is 1.20 bits per heavy atom. The number of carbonyl (C=O) groups is 1. The SMILES string of the molecule is Cc1nc(-c2ccc(C(F)(F)F)cc2)sc1CCn1c(CC(=O)O)cc2ccsc21. The van der Waals surface area contributed by atoms with Crippen LogP contribution < -0.4 is 0 Å². The molecule has 4 rings (SSSR count). The number of carboxylic acid groups (broad SMARTS) is 1. The van der Waals surface area contributed by atoms with E-state index in [2.05, 4.69) is 4.98 Å². The Balaban J connectivity index is 1.56. The summed E-state index contributed by atoms with van der Waals surface area (Å²) in [5, 5.41) is 12.9. The molecule has 4 aromatic rings. The molecule has 0 saturated heterocycles. The van der Waals surface area contributed by atoms with Crippen molar-refractivity contribution < 1.29 is 23.1 Å². The third kappa shape index (κ3) is 4.13. The minimum absolute atomic E-state index is 0.0418. The van der Waals surface area contributed by atoms with Gasteiger partial charge in [0.25, 0.3) is 0 Å². The molecule has 1 aromatic carbocycles. The lowest BCUT2D eigenvalue weighted by molar-refractivity contribution is -0.138. The van der Waals surface area contributed by atoms with E-state index < -0.39 is 17.7 Å². The fourth-order valence-corrected chi connectivity index (χ4v) is 5.37. The molecule has 0 bridgehead atoms. The van der Waals surface area contributed by atoms with Crippen LogP contribution in [-0.2, 0) is 30.4 Å². The first-order valence-electron chi connectivity index (χ1n) is 9.13. The van der Waals surface area contributed by atoms with Crippen molar-refractivity contribution in [3.05, 3.63) is 63.6 Å². The van der Waals surface area contributed by atoms with E-state index in [9.17, 15) is 23.1 Å². The zero-order chi connectivity index (χ0) is 21.5. The van der Waals surface area contributed by atoms with E-state index in [4.69, 9.17) is 0 Å². The molecule has 0 unspecified atom stereocenters. The maximum Gasteiger partial charge on any atom is 0.416 e. The van der Waals surface area contributed by atoms with Crippen LogP contribution in [0.4, 0.5) is 13.2 Å². The zero-order valence-corrected chi connectivity index (χ0v) is 17.5. The van der Waals surface area contributed by atoms with Crippen LogP contribution in [0.1, 0.15) is 21.8 Å². The highest BCUT2D eigenvalue weighted by molar-refractivity contribution is 7.16. The van der Waals surface area contributed by atoms with Gasteiger partial charge in [-0.3, -0.25) is 4.79 Å². The van der Waals surface area contributed by atoms with Crippen molar-refractivity contribution in [2.24, 2.45) is 0 Å². The minimum Gasteiger partial charge on any atom is -0.481 e. The Hall–Kier alpha value is -2.65. The lowest BCUT2D eigenvalue weighted by Gasteiger charge is -2.08. The van der Waals surface area contributed by atoms with E-state index in [0.29, 0.717) is 23.5 Å². The molecular weight excluding hydrogens is 433 g/mol. The lowest BCUT2D eigenvalue weighted by atomic mass is 10.1. The fourth-order valence-electron chi connectivity index (χ4n) is 3.37. The lowest BCUT2D eigenvalue weighted by Crippen LogP contribution is -2.09. The van der Waals surface area contributed by atoms with Crippen molar-refractivity contribution >= 4 is 38.9 Å². The number of aliphatic carboxylic acids is 1. The summed E-state index contributed by atoms with van der Waals surface area (Å²) in [5.41, 5.74) is 1.56. The largest absolute Gasteiger partial charge is 0.481 e. The fraction of sp³-hybridized carbons (Fsp3) is 0.238. The molecular formula is C21H17F3N2O2S2. The van der Waals surface area contributed by atoms with Gasteiger partial charge >= 0.3 is 12.1 Å². The Morgan fingerprint density at radius 3 is 2.60 bits per heavy atom. The van der Waals surface area contributed by atoms with Crippen molar-refractivity contribution in [1.82, 2.24) is 9.55 Å². The number of aromatic nitrogens is 2. The van der Waals surface area contributed by atoms with Crippen LogP contribution in [0.3, 0.4) is 0 Å². The van der Waals surface area contributed by atoms with Crippen LogP contribution in [0, 0.1) is 6.92 Å². The number of carboxylic acids is 1. The molecule has 0 atom stereocenters. The van der Waals surface area contributed by atoms with Crippen molar-refractivity contribution in [1.29, 1.82) is 0 Å². The van der Waals surface area contributed by atoms with Gasteiger partial charge in [0.15, 0.2) is 0 Å². The Bertz CT molecular complexity index is 1200. The molecule has 0 aliphatic heterocycles. The van der Waals surface area contributed by atoms with E-state index in [1.165, 1.54) is 23.5 Å². The molecule has 0 radical (unpaired) electrons. The number of aryl methyl sites for hydroxylation is 3. The molecule has 0 aliphatic carbocycles. The molecule has 9 heteroatoms. The van der Waals surface area contributed by atoms with E-state index in [0.717, 1.165) is 38.6 Å². The highest BCUT2D eigenvalue weighted by Gasteiger charge is 2.30. The smallest absolute Gasteiger partial charge is 0.416 e. The standard InChI is InChI=1S/C21H17F3N2O2S2/c1-12-17(30-19(25-12)13-2-4-15(5-3-13)21(22,23)24)6-8-26-16(11-18(27)28)10-14-7-9-29-20(14)26/h2-5,7,9-10H,6,8,11H2,1H3,(H,27,28). The third-order valence-electron chi connectivity index (χ3n) is 4.83. The van der Waals surface area contributed by atoms with Gasteiger partial charge in [0.2, 0.25) is 0 Å². The summed E-state index contributed by atoms with van der Waals surface area (Å²) in [6.07, 6.45) is -3.74. The quantitative estimate of drug-likeness (QED) is 0.391. The van der Waals surface area contributed by atoms with Crippen molar-refractivity contribution in [2.75, 3.05) is 0 Å². The topological polar surface area (TPSA) is 55.1 Å². The van der Waals surface area contributed by atoms with E-state index >= 15 is 0 Å². The molecule has 156 valence electrons. The summed E-state index contributed by atoms with van der Waals surface area (Å²) in [4.78, 5) is 17.8. The second-order valence-electron chi connectivity index (χ2n) is 6.89. The number of hydrogen-bond donors (Lipinski definition) is 1. The highest BCUT2D eigenvalue weighted by Crippen LogP contribution is 2.33. The first kappa shape index (κ1) is 20.6. The zero-order valence-electron chi connectivity index (χ0n) is 15.9. The summed E-state index contributed by atoms with van der Waals surface area (Å²) in [5.74, 6) is -0.875. The minimum atomic E-state index is -4.36. The van der Waals surface area contributed by atoms with Crippen molar-refractivity contribution in [2.45, 2.75) is 32.5 Å². The van der Waals surface area contributed by atoms with Crippen molar-refractivity contribution in [3.8, 4) is 10.6 Å². The van der Waals surface area contributed by atoms with Gasteiger partial charge in [0.05, 0.1) is 17.7 Å². The number of halogens is 3. The van der Waals surface area contributed by atoms with Gasteiger partial charge in [0, 0.05) is 34.5 Å². The maximum absolute atomic E-state index is 12.8. The molecule has 0 fully saturated rings. The summed E-state index contributed by atoms with van der Waals surface area (Å²) >= 11 is 3.03. The Morgan fingerprint density at radius 2 is 1.93 bits per heavy atom. The van der Waals surface area contributed by atoms with Gasteiger partial charge in [-0.05, 0) is 36.6 Å². The van der Waals surface area contributed by atoms with Gasteiger partial charge in [-0.15, -0.1) is 22.7 Å². The maximum atomic E-state index is 12.8. The summed E-state index contributed by atoms with van der Waals surface area (Å²) in [6.45, 7) is 2.50. The number of alkyl halides is 3. The number of nitrogens with zero attached hydrogens (tertiary/aromatic N) is 2. The molecule has 4 nitrogen and oxygen atoms in total. The molecule has 3 heterocycles. The van der Waals surface area contributed by atoms with E-state index in [1.807, 2.05) is 29.0 Å². The average molecular weight is 451 g/mol. The molecule has 0 amide bonds. The predicted octanol–water partition coefficient (Wildman–Crippen LogP) is 6.02. The molecule has 0 spiro atoms. The molecule has 0 aliphatic rings. The van der Waals surface area contributed by atoms with Gasteiger partial charge < -0.3 is 9.67 Å².